The molecule has 0 atom stereocenters. The van der Waals surface area contributed by atoms with E-state index in [9.17, 15) is 4.79 Å². The first-order chi connectivity index (χ1) is 12.2. The highest BCUT2D eigenvalue weighted by atomic mass is 16.5. The van der Waals surface area contributed by atoms with Gasteiger partial charge >= 0.3 is 0 Å². The maximum Gasteiger partial charge on any atom is 0.260 e. The van der Waals surface area contributed by atoms with Crippen molar-refractivity contribution in [1.29, 1.82) is 0 Å². The van der Waals surface area contributed by atoms with Gasteiger partial charge in [0.15, 0.2) is 6.61 Å². The lowest BCUT2D eigenvalue weighted by molar-refractivity contribution is -0.135. The van der Waals surface area contributed by atoms with E-state index in [-0.39, 0.29) is 18.6 Å². The largest absolute Gasteiger partial charge is 0.490 e. The van der Waals surface area contributed by atoms with Crippen LogP contribution in [0.1, 0.15) is 25.3 Å². The van der Waals surface area contributed by atoms with Gasteiger partial charge in [0.25, 0.3) is 5.91 Å². The number of hydrogen-bond donors (Lipinski definition) is 0. The minimum atomic E-state index is 0.0373. The molecule has 0 unspecified atom stereocenters. The van der Waals surface area contributed by atoms with Gasteiger partial charge in [0.2, 0.25) is 0 Å². The van der Waals surface area contributed by atoms with E-state index in [1.54, 1.807) is 0 Å². The Balaban J connectivity index is 1.44. The van der Waals surface area contributed by atoms with Gasteiger partial charge in [-0.1, -0.05) is 37.3 Å². The van der Waals surface area contributed by atoms with Gasteiger partial charge in [0.1, 0.15) is 17.6 Å². The van der Waals surface area contributed by atoms with Crippen molar-refractivity contribution in [2.75, 3.05) is 19.7 Å². The van der Waals surface area contributed by atoms with Crippen LogP contribution in [0.25, 0.3) is 0 Å². The van der Waals surface area contributed by atoms with Crippen LogP contribution in [0.3, 0.4) is 0 Å². The predicted octanol–water partition coefficient (Wildman–Crippen LogP) is 3.70. The Morgan fingerprint density at radius 2 is 1.76 bits per heavy atom. The highest BCUT2D eigenvalue weighted by molar-refractivity contribution is 5.77. The topological polar surface area (TPSA) is 38.8 Å². The van der Waals surface area contributed by atoms with Crippen molar-refractivity contribution in [3.8, 4) is 11.5 Å². The lowest BCUT2D eigenvalue weighted by Gasteiger charge is -2.32. The molecule has 132 valence electrons. The summed E-state index contributed by atoms with van der Waals surface area (Å²) in [5.74, 6) is 1.69. The number of para-hydroxylation sites is 1. The maximum absolute atomic E-state index is 12.3. The number of ether oxygens (including phenoxy) is 2. The van der Waals surface area contributed by atoms with E-state index < -0.39 is 0 Å². The number of rotatable bonds is 6. The molecule has 0 bridgehead atoms. The van der Waals surface area contributed by atoms with Gasteiger partial charge in [0, 0.05) is 25.9 Å². The number of nitrogens with zero attached hydrogens (tertiary/aromatic N) is 1. The molecule has 4 nitrogen and oxygen atoms in total. The van der Waals surface area contributed by atoms with E-state index in [0.29, 0.717) is 0 Å². The summed E-state index contributed by atoms with van der Waals surface area (Å²) < 4.78 is 11.6. The van der Waals surface area contributed by atoms with Crippen LogP contribution in [0.15, 0.2) is 54.6 Å². The molecule has 1 amide bonds. The van der Waals surface area contributed by atoms with Gasteiger partial charge < -0.3 is 14.4 Å². The van der Waals surface area contributed by atoms with Gasteiger partial charge in [0.05, 0.1) is 0 Å². The molecule has 1 aliphatic rings. The molecule has 0 saturated carbocycles. The number of carbonyl (C=O) groups is 1. The van der Waals surface area contributed by atoms with Crippen molar-refractivity contribution < 1.29 is 14.3 Å². The van der Waals surface area contributed by atoms with E-state index in [1.807, 2.05) is 47.4 Å². The highest BCUT2D eigenvalue weighted by Gasteiger charge is 2.24. The van der Waals surface area contributed by atoms with E-state index in [1.165, 1.54) is 5.56 Å². The van der Waals surface area contributed by atoms with Gasteiger partial charge in [-0.05, 0) is 36.2 Å². The number of aryl methyl sites for hydroxylation is 1. The lowest BCUT2D eigenvalue weighted by atomic mass is 10.1. The van der Waals surface area contributed by atoms with Crippen molar-refractivity contribution in [2.45, 2.75) is 32.3 Å². The third kappa shape index (κ3) is 4.99. The Kier molecular flexibility index (Phi) is 5.94. The summed E-state index contributed by atoms with van der Waals surface area (Å²) in [5.41, 5.74) is 1.28. The molecule has 1 saturated heterocycles. The molecule has 25 heavy (non-hydrogen) atoms. The number of hydrogen-bond acceptors (Lipinski definition) is 3. The van der Waals surface area contributed by atoms with E-state index in [2.05, 4.69) is 19.1 Å². The van der Waals surface area contributed by atoms with Crippen molar-refractivity contribution in [2.24, 2.45) is 0 Å². The summed E-state index contributed by atoms with van der Waals surface area (Å²) in [6.45, 7) is 3.67. The SMILES string of the molecule is CCc1cccc(OC2CCN(C(=O)COc3ccccc3)CC2)c1. The third-order valence-electron chi connectivity index (χ3n) is 4.51. The van der Waals surface area contributed by atoms with E-state index >= 15 is 0 Å². The highest BCUT2D eigenvalue weighted by Crippen LogP contribution is 2.20. The second-order valence-electron chi connectivity index (χ2n) is 6.30. The number of benzene rings is 2. The molecule has 0 aliphatic carbocycles. The summed E-state index contributed by atoms with van der Waals surface area (Å²) in [7, 11) is 0. The summed E-state index contributed by atoms with van der Waals surface area (Å²) in [4.78, 5) is 14.1. The predicted molar refractivity (Wildman–Crippen MR) is 98.0 cm³/mol. The zero-order valence-electron chi connectivity index (χ0n) is 14.7. The summed E-state index contributed by atoms with van der Waals surface area (Å²) in [6, 6.07) is 17.7. The molecule has 0 N–H and O–H groups in total. The standard InChI is InChI=1S/C21H25NO3/c1-2-17-7-6-10-20(15-17)25-19-11-13-22(14-12-19)21(23)16-24-18-8-4-3-5-9-18/h3-10,15,19H,2,11-14,16H2,1H3. The first-order valence-corrected chi connectivity index (χ1v) is 8.96. The fourth-order valence-electron chi connectivity index (χ4n) is 3.01. The van der Waals surface area contributed by atoms with Crippen LogP contribution in [0.4, 0.5) is 0 Å². The monoisotopic (exact) mass is 339 g/mol. The smallest absolute Gasteiger partial charge is 0.260 e. The minimum absolute atomic E-state index is 0.0373. The fourth-order valence-corrected chi connectivity index (χ4v) is 3.01. The Labute approximate surface area is 149 Å². The zero-order valence-corrected chi connectivity index (χ0v) is 14.7. The van der Waals surface area contributed by atoms with Gasteiger partial charge in [-0.25, -0.2) is 0 Å². The van der Waals surface area contributed by atoms with Crippen LogP contribution < -0.4 is 9.47 Å². The average Bonchev–Trinajstić information content (AvgIpc) is 2.67. The first-order valence-electron chi connectivity index (χ1n) is 8.96. The van der Waals surface area contributed by atoms with Crippen molar-refractivity contribution in [3.05, 3.63) is 60.2 Å². The average molecular weight is 339 g/mol. The minimum Gasteiger partial charge on any atom is -0.490 e. The Morgan fingerprint density at radius 3 is 2.48 bits per heavy atom. The second kappa shape index (κ2) is 8.56. The van der Waals surface area contributed by atoms with Crippen molar-refractivity contribution in [3.63, 3.8) is 0 Å². The molecule has 0 spiro atoms. The Bertz CT molecular complexity index is 679. The van der Waals surface area contributed by atoms with Crippen LogP contribution in [0.5, 0.6) is 11.5 Å². The zero-order chi connectivity index (χ0) is 17.5. The molecule has 1 aliphatic heterocycles. The molecular weight excluding hydrogens is 314 g/mol. The maximum atomic E-state index is 12.3. The molecule has 0 radical (unpaired) electrons. The van der Waals surface area contributed by atoms with Gasteiger partial charge in [-0.2, -0.15) is 0 Å². The van der Waals surface area contributed by atoms with Gasteiger partial charge in [-0.15, -0.1) is 0 Å². The van der Waals surface area contributed by atoms with Crippen LogP contribution >= 0.6 is 0 Å². The fraction of sp³-hybridized carbons (Fsp3) is 0.381. The molecule has 1 fully saturated rings. The van der Waals surface area contributed by atoms with Crippen LogP contribution in [0, 0.1) is 0 Å². The van der Waals surface area contributed by atoms with Crippen LogP contribution in [-0.2, 0) is 11.2 Å². The molecule has 2 aromatic rings. The number of amides is 1. The Morgan fingerprint density at radius 1 is 1.04 bits per heavy atom. The molecule has 1 heterocycles. The van der Waals surface area contributed by atoms with E-state index in [0.717, 1.165) is 43.9 Å². The first kappa shape index (κ1) is 17.3. The summed E-state index contributed by atoms with van der Waals surface area (Å²) in [6.07, 6.45) is 2.89. The van der Waals surface area contributed by atoms with Gasteiger partial charge in [-0.3, -0.25) is 4.79 Å². The van der Waals surface area contributed by atoms with Crippen molar-refractivity contribution >= 4 is 5.91 Å². The summed E-state index contributed by atoms with van der Waals surface area (Å²) >= 11 is 0. The second-order valence-corrected chi connectivity index (χ2v) is 6.30. The van der Waals surface area contributed by atoms with Crippen LogP contribution in [0.2, 0.25) is 0 Å². The molecule has 0 aromatic heterocycles. The molecule has 4 heteroatoms. The van der Waals surface area contributed by atoms with Crippen LogP contribution in [-0.4, -0.2) is 36.6 Å². The number of likely N-dealkylation sites (tertiary alicyclic amines) is 1. The molecular formula is C21H25NO3. The molecule has 3 rings (SSSR count). The number of piperidine rings is 1. The van der Waals surface area contributed by atoms with E-state index in [4.69, 9.17) is 9.47 Å². The lowest BCUT2D eigenvalue weighted by Crippen LogP contribution is -2.43. The van der Waals surface area contributed by atoms with Crippen molar-refractivity contribution in [1.82, 2.24) is 4.90 Å². The summed E-state index contributed by atoms with van der Waals surface area (Å²) in [5, 5.41) is 0. The Hall–Kier alpha value is -2.49. The number of carbonyl (C=O) groups excluding carboxylic acids is 1. The third-order valence-corrected chi connectivity index (χ3v) is 4.51. The quantitative estimate of drug-likeness (QED) is 0.805. The normalized spacial score (nSPS) is 15.0. The molecule has 2 aromatic carbocycles.